The Kier molecular flexibility index (Phi) is 4.63. The van der Waals surface area contributed by atoms with Gasteiger partial charge >= 0.3 is 0 Å². The van der Waals surface area contributed by atoms with Crippen LogP contribution < -0.4 is 15.0 Å². The Hall–Kier alpha value is -2.01. The molecule has 1 fully saturated rings. The second kappa shape index (κ2) is 6.83. The van der Waals surface area contributed by atoms with E-state index in [0.29, 0.717) is 10.6 Å². The summed E-state index contributed by atoms with van der Waals surface area (Å²) in [6, 6.07) is 9.69. The van der Waals surface area contributed by atoms with Crippen LogP contribution in [0.25, 0.3) is 0 Å². The summed E-state index contributed by atoms with van der Waals surface area (Å²) < 4.78 is 5.38. The van der Waals surface area contributed by atoms with Crippen molar-refractivity contribution in [3.8, 4) is 5.75 Å². The van der Waals surface area contributed by atoms with Crippen LogP contribution in [0.5, 0.6) is 5.75 Å². The zero-order valence-corrected chi connectivity index (χ0v) is 13.5. The molecule has 0 atom stereocenters. The quantitative estimate of drug-likeness (QED) is 0.927. The highest BCUT2D eigenvalue weighted by molar-refractivity contribution is 7.12. The highest BCUT2D eigenvalue weighted by atomic mass is 32.1. The summed E-state index contributed by atoms with van der Waals surface area (Å²) >= 11 is 1.43. The molecule has 1 saturated heterocycles. The molecule has 0 spiro atoms. The molecule has 3 rings (SSSR count). The van der Waals surface area contributed by atoms with Crippen molar-refractivity contribution in [2.24, 2.45) is 0 Å². The third kappa shape index (κ3) is 3.25. The Morgan fingerprint density at radius 1 is 1.23 bits per heavy atom. The zero-order chi connectivity index (χ0) is 15.4. The monoisotopic (exact) mass is 316 g/mol. The number of piperidine rings is 1. The predicted octanol–water partition coefficient (Wildman–Crippen LogP) is 4.00. The topological polar surface area (TPSA) is 41.6 Å². The molecule has 2 aromatic rings. The number of nitrogens with one attached hydrogen (secondary N) is 1. The fraction of sp³-hybridized carbons (Fsp3) is 0.353. The lowest BCUT2D eigenvalue weighted by atomic mass is 10.1. The van der Waals surface area contributed by atoms with Gasteiger partial charge in [0.15, 0.2) is 0 Å². The number of hydrogen-bond acceptors (Lipinski definition) is 4. The number of anilines is 2. The normalized spacial score (nSPS) is 14.7. The van der Waals surface area contributed by atoms with Gasteiger partial charge in [-0.3, -0.25) is 4.79 Å². The van der Waals surface area contributed by atoms with Gasteiger partial charge in [0.25, 0.3) is 5.91 Å². The molecule has 0 bridgehead atoms. The molecule has 22 heavy (non-hydrogen) atoms. The van der Waals surface area contributed by atoms with Crippen molar-refractivity contribution < 1.29 is 9.53 Å². The average molecular weight is 316 g/mol. The van der Waals surface area contributed by atoms with E-state index in [1.807, 2.05) is 29.6 Å². The van der Waals surface area contributed by atoms with Crippen molar-refractivity contribution in [1.82, 2.24) is 0 Å². The number of rotatable bonds is 4. The van der Waals surface area contributed by atoms with Crippen molar-refractivity contribution >= 4 is 28.6 Å². The summed E-state index contributed by atoms with van der Waals surface area (Å²) in [7, 11) is 1.62. The number of benzene rings is 1. The third-order valence-electron chi connectivity index (χ3n) is 3.90. The van der Waals surface area contributed by atoms with Crippen LogP contribution in [0.2, 0.25) is 0 Å². The number of carbonyl (C=O) groups is 1. The van der Waals surface area contributed by atoms with E-state index in [0.717, 1.165) is 24.5 Å². The van der Waals surface area contributed by atoms with Gasteiger partial charge in [-0.1, -0.05) is 6.07 Å². The van der Waals surface area contributed by atoms with Crippen LogP contribution in [0, 0.1) is 0 Å². The SMILES string of the molecule is COc1ccc(N2CCCCC2)cc1NC(=O)c1cccs1. The molecule has 1 aromatic carbocycles. The van der Waals surface area contributed by atoms with Gasteiger partial charge in [-0.05, 0) is 48.9 Å². The molecule has 1 amide bonds. The summed E-state index contributed by atoms with van der Waals surface area (Å²) in [6.45, 7) is 2.15. The molecule has 1 aliphatic heterocycles. The second-order valence-corrected chi connectivity index (χ2v) is 6.31. The fourth-order valence-corrected chi connectivity index (χ4v) is 3.35. The summed E-state index contributed by atoms with van der Waals surface area (Å²) in [6.07, 6.45) is 3.75. The van der Waals surface area contributed by atoms with E-state index < -0.39 is 0 Å². The zero-order valence-electron chi connectivity index (χ0n) is 12.7. The summed E-state index contributed by atoms with van der Waals surface area (Å²) in [5.41, 5.74) is 1.87. The minimum atomic E-state index is -0.0934. The third-order valence-corrected chi connectivity index (χ3v) is 4.77. The van der Waals surface area contributed by atoms with Crippen LogP contribution >= 0.6 is 11.3 Å². The van der Waals surface area contributed by atoms with Gasteiger partial charge in [0.05, 0.1) is 17.7 Å². The number of thiophene rings is 1. The maximum absolute atomic E-state index is 12.3. The number of nitrogens with zero attached hydrogens (tertiary/aromatic N) is 1. The molecule has 1 aromatic heterocycles. The lowest BCUT2D eigenvalue weighted by molar-refractivity contribution is 0.103. The van der Waals surface area contributed by atoms with E-state index in [1.54, 1.807) is 7.11 Å². The van der Waals surface area contributed by atoms with E-state index in [9.17, 15) is 4.79 Å². The van der Waals surface area contributed by atoms with E-state index in [-0.39, 0.29) is 5.91 Å². The predicted molar refractivity (Wildman–Crippen MR) is 91.3 cm³/mol. The molecule has 2 heterocycles. The van der Waals surface area contributed by atoms with E-state index in [2.05, 4.69) is 16.3 Å². The molecule has 4 nitrogen and oxygen atoms in total. The number of ether oxygens (including phenoxy) is 1. The number of methoxy groups -OCH3 is 1. The van der Waals surface area contributed by atoms with Crippen LogP contribution in [-0.2, 0) is 0 Å². The first kappa shape index (κ1) is 14.9. The van der Waals surface area contributed by atoms with E-state index in [1.165, 1.54) is 30.6 Å². The molecule has 0 saturated carbocycles. The molecule has 0 unspecified atom stereocenters. The van der Waals surface area contributed by atoms with Gasteiger partial charge in [0.2, 0.25) is 0 Å². The minimum Gasteiger partial charge on any atom is -0.495 e. The Morgan fingerprint density at radius 2 is 2.05 bits per heavy atom. The summed E-state index contributed by atoms with van der Waals surface area (Å²) in [5, 5.41) is 4.86. The Labute approximate surface area is 134 Å². The smallest absolute Gasteiger partial charge is 0.265 e. The van der Waals surface area contributed by atoms with Gasteiger partial charge < -0.3 is 15.0 Å². The summed E-state index contributed by atoms with van der Waals surface area (Å²) in [4.78, 5) is 15.3. The molecule has 5 heteroatoms. The minimum absolute atomic E-state index is 0.0934. The van der Waals surface area contributed by atoms with E-state index >= 15 is 0 Å². The average Bonchev–Trinajstić information content (AvgIpc) is 3.10. The molecular weight excluding hydrogens is 296 g/mol. The molecule has 0 radical (unpaired) electrons. The van der Waals surface area contributed by atoms with Crippen molar-refractivity contribution in [3.63, 3.8) is 0 Å². The Bertz CT molecular complexity index is 634. The highest BCUT2D eigenvalue weighted by Crippen LogP contribution is 2.31. The van der Waals surface area contributed by atoms with Gasteiger partial charge in [0.1, 0.15) is 5.75 Å². The van der Waals surface area contributed by atoms with Crippen molar-refractivity contribution in [1.29, 1.82) is 0 Å². The van der Waals surface area contributed by atoms with Crippen LogP contribution in [0.15, 0.2) is 35.7 Å². The molecule has 1 N–H and O–H groups in total. The molecule has 116 valence electrons. The lowest BCUT2D eigenvalue weighted by Gasteiger charge is -2.29. The van der Waals surface area contributed by atoms with Crippen LogP contribution in [0.4, 0.5) is 11.4 Å². The second-order valence-electron chi connectivity index (χ2n) is 5.36. The van der Waals surface area contributed by atoms with Gasteiger partial charge in [-0.2, -0.15) is 0 Å². The molecule has 1 aliphatic rings. The summed E-state index contributed by atoms with van der Waals surface area (Å²) in [5.74, 6) is 0.592. The van der Waals surface area contributed by atoms with Crippen molar-refractivity contribution in [2.75, 3.05) is 30.4 Å². The van der Waals surface area contributed by atoms with E-state index in [4.69, 9.17) is 4.74 Å². The van der Waals surface area contributed by atoms with Crippen molar-refractivity contribution in [2.45, 2.75) is 19.3 Å². The largest absolute Gasteiger partial charge is 0.495 e. The highest BCUT2D eigenvalue weighted by Gasteiger charge is 2.15. The maximum atomic E-state index is 12.3. The first-order chi connectivity index (χ1) is 10.8. The lowest BCUT2D eigenvalue weighted by Crippen LogP contribution is -2.29. The van der Waals surface area contributed by atoms with Crippen LogP contribution in [-0.4, -0.2) is 26.1 Å². The van der Waals surface area contributed by atoms with Crippen molar-refractivity contribution in [3.05, 3.63) is 40.6 Å². The van der Waals surface area contributed by atoms with Gasteiger partial charge in [-0.15, -0.1) is 11.3 Å². The van der Waals surface area contributed by atoms with Crippen LogP contribution in [0.3, 0.4) is 0 Å². The first-order valence-electron chi connectivity index (χ1n) is 7.56. The fourth-order valence-electron chi connectivity index (χ4n) is 2.73. The standard InChI is InChI=1S/C17H20N2O2S/c1-21-15-8-7-13(19-9-3-2-4-10-19)12-14(15)18-17(20)16-6-5-11-22-16/h5-8,11-12H,2-4,9-10H2,1H3,(H,18,20). The number of amides is 1. The maximum Gasteiger partial charge on any atom is 0.265 e. The number of hydrogen-bond donors (Lipinski definition) is 1. The number of carbonyl (C=O) groups excluding carboxylic acids is 1. The van der Waals surface area contributed by atoms with Gasteiger partial charge in [0, 0.05) is 18.8 Å². The molecular formula is C17H20N2O2S. The Morgan fingerprint density at radius 3 is 2.73 bits per heavy atom. The Balaban J connectivity index is 1.83. The van der Waals surface area contributed by atoms with Crippen LogP contribution in [0.1, 0.15) is 28.9 Å². The first-order valence-corrected chi connectivity index (χ1v) is 8.44. The van der Waals surface area contributed by atoms with Gasteiger partial charge in [-0.25, -0.2) is 0 Å². The molecule has 0 aliphatic carbocycles.